The van der Waals surface area contributed by atoms with E-state index in [1.165, 1.54) is 6.42 Å². The zero-order chi connectivity index (χ0) is 15.6. The van der Waals surface area contributed by atoms with Crippen LogP contribution in [0.1, 0.15) is 63.5 Å². The molecule has 0 unspecified atom stereocenters. The number of aryl methyl sites for hydroxylation is 1. The van der Waals surface area contributed by atoms with Crippen molar-refractivity contribution >= 4 is 0 Å². The van der Waals surface area contributed by atoms with Crippen molar-refractivity contribution in [3.63, 3.8) is 0 Å². The van der Waals surface area contributed by atoms with Gasteiger partial charge in [-0.2, -0.15) is 0 Å². The maximum absolute atomic E-state index is 10.4. The summed E-state index contributed by atoms with van der Waals surface area (Å²) in [7, 11) is 0. The molecule has 2 rings (SSSR count). The second kappa shape index (κ2) is 6.55. The zero-order valence-corrected chi connectivity index (χ0v) is 13.5. The lowest BCUT2D eigenvalue weighted by Gasteiger charge is -2.36. The second-order valence-electron chi connectivity index (χ2n) is 6.78. The molecule has 3 atom stereocenters. The highest BCUT2D eigenvalue weighted by atomic mass is 16.3. The minimum Gasteiger partial charge on any atom is -0.508 e. The molecule has 1 aromatic carbocycles. The van der Waals surface area contributed by atoms with Gasteiger partial charge in [-0.1, -0.05) is 38.8 Å². The number of rotatable bonds is 4. The lowest BCUT2D eigenvalue weighted by molar-refractivity contribution is 0.267. The topological polar surface area (TPSA) is 40.5 Å². The van der Waals surface area contributed by atoms with Gasteiger partial charge in [0.1, 0.15) is 11.5 Å². The smallest absolute Gasteiger partial charge is 0.123 e. The number of phenols is 2. The maximum atomic E-state index is 10.4. The first-order valence-corrected chi connectivity index (χ1v) is 8.14. The van der Waals surface area contributed by atoms with Gasteiger partial charge in [0.05, 0.1) is 0 Å². The number of hydrogen-bond acceptors (Lipinski definition) is 2. The van der Waals surface area contributed by atoms with Crippen LogP contribution in [0, 0.1) is 11.8 Å². The van der Waals surface area contributed by atoms with Crippen LogP contribution in [-0.4, -0.2) is 10.2 Å². The Balaban J connectivity index is 2.40. The Morgan fingerprint density at radius 3 is 2.38 bits per heavy atom. The fraction of sp³-hybridized carbons (Fsp3) is 0.579. The fourth-order valence-electron chi connectivity index (χ4n) is 3.78. The third-order valence-electron chi connectivity index (χ3n) is 4.85. The highest BCUT2D eigenvalue weighted by Crippen LogP contribution is 2.49. The van der Waals surface area contributed by atoms with Gasteiger partial charge in [-0.05, 0) is 61.6 Å². The van der Waals surface area contributed by atoms with Gasteiger partial charge in [0.2, 0.25) is 0 Å². The number of aromatic hydroxyl groups is 2. The number of benzene rings is 1. The van der Waals surface area contributed by atoms with Crippen molar-refractivity contribution in [1.29, 1.82) is 0 Å². The van der Waals surface area contributed by atoms with E-state index < -0.39 is 0 Å². The third-order valence-corrected chi connectivity index (χ3v) is 4.85. The van der Waals surface area contributed by atoms with E-state index in [1.807, 2.05) is 12.1 Å². The molecule has 2 heteroatoms. The standard InChI is InChI=1S/C19H28O2/c1-5-6-14-10-17(20)19(18(21)11-14)16-9-13(4)7-8-15(16)12(2)3/h10-11,13,15-16,20-21H,2,5-9H2,1,3-4H3/t13-,15+,16-/m1/s1. The quantitative estimate of drug-likeness (QED) is 0.752. The molecule has 1 aliphatic rings. The van der Waals surface area contributed by atoms with E-state index in [9.17, 15) is 10.2 Å². The van der Waals surface area contributed by atoms with E-state index >= 15 is 0 Å². The van der Waals surface area contributed by atoms with Crippen LogP contribution in [0.5, 0.6) is 11.5 Å². The van der Waals surface area contributed by atoms with Crippen molar-refractivity contribution in [2.45, 2.75) is 58.8 Å². The maximum Gasteiger partial charge on any atom is 0.123 e. The molecule has 0 aliphatic heterocycles. The van der Waals surface area contributed by atoms with Crippen LogP contribution in [0.15, 0.2) is 24.3 Å². The van der Waals surface area contributed by atoms with Crippen LogP contribution in [0.2, 0.25) is 0 Å². The summed E-state index contributed by atoms with van der Waals surface area (Å²) in [6.45, 7) is 10.5. The van der Waals surface area contributed by atoms with Crippen LogP contribution in [0.4, 0.5) is 0 Å². The Hall–Kier alpha value is -1.44. The van der Waals surface area contributed by atoms with Crippen LogP contribution in [0.3, 0.4) is 0 Å². The highest BCUT2D eigenvalue weighted by Gasteiger charge is 2.33. The molecule has 1 saturated carbocycles. The van der Waals surface area contributed by atoms with Crippen molar-refractivity contribution in [2.75, 3.05) is 0 Å². The Morgan fingerprint density at radius 2 is 1.86 bits per heavy atom. The van der Waals surface area contributed by atoms with Crippen molar-refractivity contribution in [1.82, 2.24) is 0 Å². The highest BCUT2D eigenvalue weighted by molar-refractivity contribution is 5.49. The number of allylic oxidation sites excluding steroid dienone is 1. The molecule has 0 bridgehead atoms. The first kappa shape index (κ1) is 15.9. The lowest BCUT2D eigenvalue weighted by Crippen LogP contribution is -2.23. The van der Waals surface area contributed by atoms with E-state index in [0.717, 1.165) is 42.4 Å². The molecule has 2 N–H and O–H groups in total. The predicted molar refractivity (Wildman–Crippen MR) is 87.8 cm³/mol. The molecule has 1 fully saturated rings. The van der Waals surface area contributed by atoms with Crippen molar-refractivity contribution in [2.24, 2.45) is 11.8 Å². The van der Waals surface area contributed by atoms with Gasteiger partial charge in [-0.25, -0.2) is 0 Å². The van der Waals surface area contributed by atoms with Crippen molar-refractivity contribution < 1.29 is 10.2 Å². The van der Waals surface area contributed by atoms with E-state index in [0.29, 0.717) is 11.8 Å². The summed E-state index contributed by atoms with van der Waals surface area (Å²) in [5.41, 5.74) is 2.89. The van der Waals surface area contributed by atoms with E-state index in [2.05, 4.69) is 27.4 Å². The van der Waals surface area contributed by atoms with Crippen molar-refractivity contribution in [3.8, 4) is 11.5 Å². The summed E-state index contributed by atoms with van der Waals surface area (Å²) >= 11 is 0. The Labute approximate surface area is 128 Å². The average molecular weight is 288 g/mol. The van der Waals surface area contributed by atoms with Crippen LogP contribution in [-0.2, 0) is 6.42 Å². The monoisotopic (exact) mass is 288 g/mol. The van der Waals surface area contributed by atoms with Gasteiger partial charge in [0.15, 0.2) is 0 Å². The average Bonchev–Trinajstić information content (AvgIpc) is 2.38. The van der Waals surface area contributed by atoms with Crippen LogP contribution in [0.25, 0.3) is 0 Å². The first-order valence-electron chi connectivity index (χ1n) is 8.14. The molecule has 116 valence electrons. The molecule has 1 aliphatic carbocycles. The van der Waals surface area contributed by atoms with Crippen molar-refractivity contribution in [3.05, 3.63) is 35.4 Å². The fourth-order valence-corrected chi connectivity index (χ4v) is 3.78. The number of phenolic OH excluding ortho intramolecular Hbond substituents is 2. The molecule has 0 spiro atoms. The third kappa shape index (κ3) is 3.42. The summed E-state index contributed by atoms with van der Waals surface area (Å²) in [4.78, 5) is 0. The van der Waals surface area contributed by atoms with Gasteiger partial charge in [0, 0.05) is 5.56 Å². The second-order valence-corrected chi connectivity index (χ2v) is 6.78. The summed E-state index contributed by atoms with van der Waals surface area (Å²) in [5.74, 6) is 1.67. The van der Waals surface area contributed by atoms with Crippen LogP contribution >= 0.6 is 0 Å². The molecule has 2 nitrogen and oxygen atoms in total. The van der Waals surface area contributed by atoms with E-state index in [4.69, 9.17) is 0 Å². The first-order chi connectivity index (χ1) is 9.93. The molecule has 0 radical (unpaired) electrons. The summed E-state index contributed by atoms with van der Waals surface area (Å²) in [6, 6.07) is 3.65. The molecular weight excluding hydrogens is 260 g/mol. The number of hydrogen-bond donors (Lipinski definition) is 2. The van der Waals surface area contributed by atoms with Gasteiger partial charge in [-0.3, -0.25) is 0 Å². The van der Waals surface area contributed by atoms with Gasteiger partial charge < -0.3 is 10.2 Å². The predicted octanol–water partition coefficient (Wildman–Crippen LogP) is 5.15. The largest absolute Gasteiger partial charge is 0.508 e. The molecular formula is C19H28O2. The Kier molecular flexibility index (Phi) is 4.97. The summed E-state index contributed by atoms with van der Waals surface area (Å²) in [6.07, 6.45) is 5.19. The molecule has 0 saturated heterocycles. The SMILES string of the molecule is C=C(C)[C@@H]1CC[C@@H](C)C[C@H]1c1c(O)cc(CCC)cc1O. The van der Waals surface area contributed by atoms with E-state index in [1.54, 1.807) is 0 Å². The Morgan fingerprint density at radius 1 is 1.24 bits per heavy atom. The molecule has 0 aromatic heterocycles. The molecule has 0 amide bonds. The minimum atomic E-state index is 0.182. The molecule has 0 heterocycles. The Bertz CT molecular complexity index is 495. The van der Waals surface area contributed by atoms with Gasteiger partial charge in [0.25, 0.3) is 0 Å². The van der Waals surface area contributed by atoms with Gasteiger partial charge in [-0.15, -0.1) is 0 Å². The summed E-state index contributed by atoms with van der Waals surface area (Å²) < 4.78 is 0. The van der Waals surface area contributed by atoms with Crippen LogP contribution < -0.4 is 0 Å². The summed E-state index contributed by atoms with van der Waals surface area (Å²) in [5, 5.41) is 20.9. The normalized spacial score (nSPS) is 25.8. The van der Waals surface area contributed by atoms with Gasteiger partial charge >= 0.3 is 0 Å². The lowest BCUT2D eigenvalue weighted by atomic mass is 9.69. The molecule has 21 heavy (non-hydrogen) atoms. The molecule has 1 aromatic rings. The minimum absolute atomic E-state index is 0.182. The zero-order valence-electron chi connectivity index (χ0n) is 13.5. The van der Waals surface area contributed by atoms with E-state index in [-0.39, 0.29) is 17.4 Å².